The molecule has 11 heteroatoms. The zero-order valence-corrected chi connectivity index (χ0v) is 51.9. The van der Waals surface area contributed by atoms with Gasteiger partial charge in [-0.1, -0.05) is 234 Å². The number of nitrogens with zero attached hydrogens (tertiary/aromatic N) is 2. The van der Waals surface area contributed by atoms with Crippen LogP contribution < -0.4 is 0 Å². The third-order valence-corrected chi connectivity index (χ3v) is 15.8. The van der Waals surface area contributed by atoms with Crippen LogP contribution >= 0.6 is 0 Å². The molecular formula is C66H126N2O9. The first-order valence-corrected chi connectivity index (χ1v) is 33.3. The highest BCUT2D eigenvalue weighted by Gasteiger charge is 2.40. The fraction of sp³-hybridized carbons (Fsp3) is 0.939. The zero-order valence-electron chi connectivity index (χ0n) is 51.9. The van der Waals surface area contributed by atoms with E-state index in [2.05, 4.69) is 39.5 Å². The predicted octanol–water partition coefficient (Wildman–Crippen LogP) is 17.9. The minimum absolute atomic E-state index is 0.0823. The van der Waals surface area contributed by atoms with Gasteiger partial charge in [-0.05, 0) is 78.4 Å². The van der Waals surface area contributed by atoms with Gasteiger partial charge < -0.3 is 28.6 Å². The van der Waals surface area contributed by atoms with E-state index in [1.165, 1.54) is 161 Å². The second kappa shape index (κ2) is 51.9. The topological polar surface area (TPSA) is 121 Å². The van der Waals surface area contributed by atoms with E-state index in [1.807, 2.05) is 19.0 Å². The lowest BCUT2D eigenvalue weighted by atomic mass is 9.97. The van der Waals surface area contributed by atoms with E-state index in [0.29, 0.717) is 58.3 Å². The Labute approximate surface area is 475 Å². The molecule has 77 heavy (non-hydrogen) atoms. The number of hydrogen-bond donors (Lipinski definition) is 0. The number of carbonyl (C=O) groups excluding carboxylic acids is 4. The second-order valence-electron chi connectivity index (χ2n) is 23.7. The Kier molecular flexibility index (Phi) is 49.0. The van der Waals surface area contributed by atoms with Gasteiger partial charge in [-0.25, -0.2) is 0 Å². The molecule has 2 atom stereocenters. The molecule has 0 amide bonds. The predicted molar refractivity (Wildman–Crippen MR) is 320 cm³/mol. The molecule has 1 heterocycles. The standard InChI is InChI=1S/C66H126N2O9/c1-8-13-18-23-28-29-30-35-44-55-73-62(69)48-39-36-43-53-68-58-60(75-63(70)50-54-67(6)7)57-61(68)65(72)74-56-45-40-49-64(71)77-66(51-41-33-26-21-16-11-4,52-42-34-27-22-17-12-5)76-59(46-37-31-24-19-14-9-2)47-38-32-25-20-15-10-3/h59-61H,8-58H2,1-7H3/t60?,61-/m0/s1. The number of hydrogen-bond acceptors (Lipinski definition) is 11. The molecule has 1 aliphatic rings. The molecule has 1 rings (SSSR count). The molecule has 1 unspecified atom stereocenters. The van der Waals surface area contributed by atoms with Crippen molar-refractivity contribution in [1.29, 1.82) is 0 Å². The van der Waals surface area contributed by atoms with E-state index in [-0.39, 0.29) is 49.1 Å². The summed E-state index contributed by atoms with van der Waals surface area (Å²) in [5, 5.41) is 0. The summed E-state index contributed by atoms with van der Waals surface area (Å²) in [5.41, 5.74) is 0. The van der Waals surface area contributed by atoms with Gasteiger partial charge in [0.15, 0.2) is 0 Å². The highest BCUT2D eigenvalue weighted by Crippen LogP contribution is 2.34. The Morgan fingerprint density at radius 1 is 0.468 bits per heavy atom. The monoisotopic (exact) mass is 1090 g/mol. The lowest BCUT2D eigenvalue weighted by molar-refractivity contribution is -0.259. The fourth-order valence-corrected chi connectivity index (χ4v) is 10.9. The quantitative estimate of drug-likeness (QED) is 0.0250. The van der Waals surface area contributed by atoms with Crippen molar-refractivity contribution in [3.05, 3.63) is 0 Å². The maximum absolute atomic E-state index is 14.1. The van der Waals surface area contributed by atoms with Gasteiger partial charge in [0.1, 0.15) is 12.1 Å². The number of rotatable bonds is 57. The molecule has 1 aliphatic heterocycles. The summed E-state index contributed by atoms with van der Waals surface area (Å²) >= 11 is 0. The Morgan fingerprint density at radius 3 is 1.39 bits per heavy atom. The van der Waals surface area contributed by atoms with Crippen LogP contribution in [0.15, 0.2) is 0 Å². The number of esters is 4. The summed E-state index contributed by atoms with van der Waals surface area (Å²) in [5.74, 6) is -1.83. The number of ether oxygens (including phenoxy) is 5. The first-order chi connectivity index (χ1) is 37.5. The molecule has 0 aromatic carbocycles. The van der Waals surface area contributed by atoms with E-state index in [4.69, 9.17) is 23.7 Å². The maximum atomic E-state index is 14.1. The average molecular weight is 1090 g/mol. The summed E-state index contributed by atoms with van der Waals surface area (Å²) in [4.78, 5) is 57.1. The zero-order chi connectivity index (χ0) is 56.3. The average Bonchev–Trinajstić information content (AvgIpc) is 3.81. The molecule has 0 radical (unpaired) electrons. The van der Waals surface area contributed by atoms with Gasteiger partial charge in [0, 0.05) is 45.2 Å². The molecule has 454 valence electrons. The normalized spacial score (nSPS) is 15.0. The van der Waals surface area contributed by atoms with Crippen molar-refractivity contribution in [1.82, 2.24) is 9.80 Å². The van der Waals surface area contributed by atoms with Gasteiger partial charge in [0.2, 0.25) is 5.79 Å². The van der Waals surface area contributed by atoms with Crippen LogP contribution in [0.2, 0.25) is 0 Å². The van der Waals surface area contributed by atoms with Crippen LogP contribution in [-0.4, -0.2) is 105 Å². The van der Waals surface area contributed by atoms with Gasteiger partial charge in [0.05, 0.1) is 25.7 Å². The summed E-state index contributed by atoms with van der Waals surface area (Å²) in [7, 11) is 3.86. The van der Waals surface area contributed by atoms with E-state index in [9.17, 15) is 19.2 Å². The Morgan fingerprint density at radius 2 is 0.883 bits per heavy atom. The van der Waals surface area contributed by atoms with Crippen molar-refractivity contribution in [2.75, 3.05) is 46.9 Å². The van der Waals surface area contributed by atoms with E-state index < -0.39 is 11.8 Å². The second-order valence-corrected chi connectivity index (χ2v) is 23.7. The van der Waals surface area contributed by atoms with Crippen molar-refractivity contribution in [3.63, 3.8) is 0 Å². The van der Waals surface area contributed by atoms with Crippen molar-refractivity contribution in [3.8, 4) is 0 Å². The molecule has 0 aromatic heterocycles. The molecule has 11 nitrogen and oxygen atoms in total. The van der Waals surface area contributed by atoms with Crippen molar-refractivity contribution >= 4 is 23.9 Å². The van der Waals surface area contributed by atoms with Crippen LogP contribution in [-0.2, 0) is 42.9 Å². The molecule has 0 aliphatic carbocycles. The van der Waals surface area contributed by atoms with Gasteiger partial charge >= 0.3 is 23.9 Å². The fourth-order valence-electron chi connectivity index (χ4n) is 10.9. The Balaban J connectivity index is 2.96. The molecule has 1 saturated heterocycles. The molecular weight excluding hydrogens is 965 g/mol. The summed E-state index contributed by atoms with van der Waals surface area (Å²) in [6.45, 7) is 13.7. The van der Waals surface area contributed by atoms with Crippen LogP contribution in [0.3, 0.4) is 0 Å². The Bertz CT molecular complexity index is 1350. The highest BCUT2D eigenvalue weighted by molar-refractivity contribution is 5.76. The SMILES string of the molecule is CCCCCCCCCCCOC(=O)CCCCCN1CC(OC(=O)CCN(C)C)C[C@H]1C(=O)OCCCCC(=O)OC(CCCCCCCC)(CCCCCCCC)OC(CCCCCCCC)CCCCCCCC. The van der Waals surface area contributed by atoms with Crippen LogP contribution in [0.5, 0.6) is 0 Å². The summed E-state index contributed by atoms with van der Waals surface area (Å²) < 4.78 is 31.4. The molecule has 1 fully saturated rings. The third-order valence-electron chi connectivity index (χ3n) is 15.8. The number of carbonyl (C=O) groups is 4. The largest absolute Gasteiger partial charge is 0.466 e. The summed E-state index contributed by atoms with van der Waals surface area (Å²) in [6, 6.07) is -0.518. The van der Waals surface area contributed by atoms with Crippen LogP contribution in [0.4, 0.5) is 0 Å². The minimum Gasteiger partial charge on any atom is -0.466 e. The highest BCUT2D eigenvalue weighted by atomic mass is 16.7. The smallest absolute Gasteiger partial charge is 0.323 e. The van der Waals surface area contributed by atoms with Crippen molar-refractivity contribution in [2.45, 2.75) is 354 Å². The molecule has 0 N–H and O–H groups in total. The van der Waals surface area contributed by atoms with Gasteiger partial charge in [-0.15, -0.1) is 0 Å². The lowest BCUT2D eigenvalue weighted by Crippen LogP contribution is -2.42. The van der Waals surface area contributed by atoms with Crippen molar-refractivity contribution in [2.24, 2.45) is 0 Å². The Hall–Kier alpha value is -2.24. The van der Waals surface area contributed by atoms with Gasteiger partial charge in [-0.3, -0.25) is 24.1 Å². The van der Waals surface area contributed by atoms with Crippen LogP contribution in [0, 0.1) is 0 Å². The van der Waals surface area contributed by atoms with Gasteiger partial charge in [-0.2, -0.15) is 0 Å². The molecule has 0 saturated carbocycles. The first-order valence-electron chi connectivity index (χ1n) is 33.3. The van der Waals surface area contributed by atoms with Crippen molar-refractivity contribution < 1.29 is 42.9 Å². The summed E-state index contributed by atoms with van der Waals surface area (Å²) in [6.07, 6.45) is 48.2. The molecule has 0 bridgehead atoms. The first kappa shape index (κ1) is 72.8. The van der Waals surface area contributed by atoms with Crippen LogP contribution in [0.25, 0.3) is 0 Å². The number of likely N-dealkylation sites (tertiary alicyclic amines) is 1. The van der Waals surface area contributed by atoms with E-state index in [1.54, 1.807) is 0 Å². The van der Waals surface area contributed by atoms with Gasteiger partial charge in [0.25, 0.3) is 0 Å². The lowest BCUT2D eigenvalue weighted by Gasteiger charge is -2.37. The maximum Gasteiger partial charge on any atom is 0.323 e. The van der Waals surface area contributed by atoms with E-state index >= 15 is 0 Å². The molecule has 0 aromatic rings. The molecule has 0 spiro atoms. The number of unbranched alkanes of at least 4 members (excludes halogenated alkanes) is 31. The van der Waals surface area contributed by atoms with Crippen LogP contribution in [0.1, 0.15) is 330 Å². The third kappa shape index (κ3) is 42.3. The minimum atomic E-state index is -0.914. The van der Waals surface area contributed by atoms with E-state index in [0.717, 1.165) is 96.3 Å².